The lowest BCUT2D eigenvalue weighted by Gasteiger charge is -2.08. The van der Waals surface area contributed by atoms with Gasteiger partial charge in [-0.3, -0.25) is 4.99 Å². The first kappa shape index (κ1) is 12.5. The third-order valence-corrected chi connectivity index (χ3v) is 2.01. The van der Waals surface area contributed by atoms with E-state index in [9.17, 15) is 4.39 Å². The topological polar surface area (TPSA) is 50.4 Å². The molecule has 1 aromatic rings. The van der Waals surface area contributed by atoms with Gasteiger partial charge in [0.15, 0.2) is 5.96 Å². The molecule has 0 bridgehead atoms. The minimum absolute atomic E-state index is 0.247. The Morgan fingerprint density at radius 1 is 1.50 bits per heavy atom. The normalized spacial score (nSPS) is 11.9. The molecule has 0 unspecified atom stereocenters. The van der Waals surface area contributed by atoms with E-state index in [4.69, 9.17) is 5.73 Å². The lowest BCUT2D eigenvalue weighted by atomic mass is 10.2. The number of halogens is 1. The van der Waals surface area contributed by atoms with Crippen molar-refractivity contribution in [1.82, 2.24) is 0 Å². The van der Waals surface area contributed by atoms with Gasteiger partial charge in [-0.05, 0) is 30.5 Å². The first-order valence-electron chi connectivity index (χ1n) is 5.32. The number of aliphatic imine (C=N–C) groups is 1. The van der Waals surface area contributed by atoms with Crippen molar-refractivity contribution in [3.05, 3.63) is 29.6 Å². The van der Waals surface area contributed by atoms with Crippen LogP contribution in [0.2, 0.25) is 0 Å². The molecule has 0 fully saturated rings. The predicted octanol–water partition coefficient (Wildman–Crippen LogP) is 2.52. The van der Waals surface area contributed by atoms with Gasteiger partial charge in [-0.2, -0.15) is 0 Å². The van der Waals surface area contributed by atoms with Crippen LogP contribution in [0.15, 0.2) is 23.2 Å². The fraction of sp³-hybridized carbons (Fsp3) is 0.417. The van der Waals surface area contributed by atoms with Crippen molar-refractivity contribution in [2.75, 3.05) is 11.9 Å². The van der Waals surface area contributed by atoms with Crippen LogP contribution >= 0.6 is 0 Å². The molecule has 0 aromatic heterocycles. The lowest BCUT2D eigenvalue weighted by Crippen LogP contribution is -2.24. The lowest BCUT2D eigenvalue weighted by molar-refractivity contribution is 0.630. The van der Waals surface area contributed by atoms with E-state index in [0.717, 1.165) is 5.56 Å². The van der Waals surface area contributed by atoms with Gasteiger partial charge in [-0.15, -0.1) is 0 Å². The van der Waals surface area contributed by atoms with Gasteiger partial charge in [0, 0.05) is 6.54 Å². The van der Waals surface area contributed by atoms with Gasteiger partial charge in [0.25, 0.3) is 0 Å². The molecule has 0 radical (unpaired) electrons. The molecule has 3 N–H and O–H groups in total. The Balaban J connectivity index is 2.69. The summed E-state index contributed by atoms with van der Waals surface area (Å²) in [5.74, 6) is 0.363. The van der Waals surface area contributed by atoms with Crippen LogP contribution in [0.25, 0.3) is 0 Å². The van der Waals surface area contributed by atoms with Crippen LogP contribution in [-0.4, -0.2) is 12.5 Å². The average molecular weight is 223 g/mol. The van der Waals surface area contributed by atoms with Gasteiger partial charge in [0.05, 0.1) is 5.69 Å². The highest BCUT2D eigenvalue weighted by Crippen LogP contribution is 2.14. The molecule has 0 spiro atoms. The summed E-state index contributed by atoms with van der Waals surface area (Å²) >= 11 is 0. The summed E-state index contributed by atoms with van der Waals surface area (Å²) in [4.78, 5) is 4.10. The van der Waals surface area contributed by atoms with Crippen LogP contribution in [0, 0.1) is 18.7 Å². The number of nitrogens with two attached hydrogens (primary N) is 1. The summed E-state index contributed by atoms with van der Waals surface area (Å²) in [6.07, 6.45) is 0. The molecule has 0 aliphatic heterocycles. The molecule has 0 aliphatic carbocycles. The van der Waals surface area contributed by atoms with Crippen molar-refractivity contribution in [2.24, 2.45) is 16.6 Å². The van der Waals surface area contributed by atoms with Crippen molar-refractivity contribution in [2.45, 2.75) is 20.8 Å². The number of nitrogens with zero attached hydrogens (tertiary/aromatic N) is 1. The molecule has 0 aliphatic rings. The molecular weight excluding hydrogens is 205 g/mol. The van der Waals surface area contributed by atoms with Gasteiger partial charge in [-0.1, -0.05) is 19.9 Å². The zero-order chi connectivity index (χ0) is 12.1. The van der Waals surface area contributed by atoms with Crippen LogP contribution in [-0.2, 0) is 0 Å². The third-order valence-electron chi connectivity index (χ3n) is 2.01. The Labute approximate surface area is 95.6 Å². The maximum Gasteiger partial charge on any atom is 0.193 e. The van der Waals surface area contributed by atoms with Crippen LogP contribution in [0.5, 0.6) is 0 Å². The maximum absolute atomic E-state index is 13.4. The average Bonchev–Trinajstić information content (AvgIpc) is 2.19. The molecule has 16 heavy (non-hydrogen) atoms. The number of rotatable bonds is 3. The molecule has 0 saturated carbocycles. The second-order valence-corrected chi connectivity index (χ2v) is 4.23. The van der Waals surface area contributed by atoms with E-state index in [1.807, 2.05) is 26.8 Å². The molecular formula is C12H18FN3. The fourth-order valence-corrected chi connectivity index (χ4v) is 1.18. The van der Waals surface area contributed by atoms with E-state index in [1.165, 1.54) is 6.07 Å². The van der Waals surface area contributed by atoms with Crippen molar-refractivity contribution in [3.63, 3.8) is 0 Å². The Hall–Kier alpha value is -1.58. The van der Waals surface area contributed by atoms with E-state index in [0.29, 0.717) is 18.2 Å². The molecule has 1 rings (SSSR count). The summed E-state index contributed by atoms with van der Waals surface area (Å²) in [6.45, 7) is 6.56. The number of guanidine groups is 1. The number of aryl methyl sites for hydroxylation is 1. The number of hydrogen-bond acceptors (Lipinski definition) is 1. The Bertz CT molecular complexity index is 386. The second kappa shape index (κ2) is 5.49. The third kappa shape index (κ3) is 3.88. The Kier molecular flexibility index (Phi) is 4.28. The summed E-state index contributed by atoms with van der Waals surface area (Å²) in [6, 6.07) is 4.93. The number of benzene rings is 1. The summed E-state index contributed by atoms with van der Waals surface area (Å²) in [7, 11) is 0. The molecule has 88 valence electrons. The smallest absolute Gasteiger partial charge is 0.193 e. The molecule has 0 amide bonds. The fourth-order valence-electron chi connectivity index (χ4n) is 1.18. The minimum atomic E-state index is -0.317. The summed E-state index contributed by atoms with van der Waals surface area (Å²) < 4.78 is 13.4. The van der Waals surface area contributed by atoms with Crippen LogP contribution in [0.3, 0.4) is 0 Å². The molecule has 1 aromatic carbocycles. The number of anilines is 1. The van der Waals surface area contributed by atoms with Crippen molar-refractivity contribution < 1.29 is 4.39 Å². The second-order valence-electron chi connectivity index (χ2n) is 4.23. The first-order valence-corrected chi connectivity index (χ1v) is 5.32. The predicted molar refractivity (Wildman–Crippen MR) is 66.1 cm³/mol. The van der Waals surface area contributed by atoms with Gasteiger partial charge in [0.1, 0.15) is 5.82 Å². The number of hydrogen-bond donors (Lipinski definition) is 2. The molecule has 4 heteroatoms. The zero-order valence-electron chi connectivity index (χ0n) is 9.92. The van der Waals surface area contributed by atoms with Crippen molar-refractivity contribution in [3.8, 4) is 0 Å². The van der Waals surface area contributed by atoms with E-state index < -0.39 is 0 Å². The first-order chi connectivity index (χ1) is 7.49. The highest BCUT2D eigenvalue weighted by molar-refractivity contribution is 5.92. The standard InChI is InChI=1S/C12H18FN3/c1-8(2)7-15-12(14)16-11-5-4-9(3)6-10(11)13/h4-6,8H,7H2,1-3H3,(H3,14,15,16). The SMILES string of the molecule is Cc1ccc(NC(N)=NCC(C)C)c(F)c1. The van der Waals surface area contributed by atoms with Gasteiger partial charge >= 0.3 is 0 Å². The largest absolute Gasteiger partial charge is 0.370 e. The summed E-state index contributed by atoms with van der Waals surface area (Å²) in [5.41, 5.74) is 6.87. The highest BCUT2D eigenvalue weighted by atomic mass is 19.1. The van der Waals surface area contributed by atoms with Crippen molar-refractivity contribution >= 4 is 11.6 Å². The maximum atomic E-state index is 13.4. The Morgan fingerprint density at radius 2 is 2.19 bits per heavy atom. The van der Waals surface area contributed by atoms with Crippen LogP contribution in [0.4, 0.5) is 10.1 Å². The monoisotopic (exact) mass is 223 g/mol. The van der Waals surface area contributed by atoms with Gasteiger partial charge < -0.3 is 11.1 Å². The molecule has 0 saturated heterocycles. The van der Waals surface area contributed by atoms with Crippen LogP contribution in [0.1, 0.15) is 19.4 Å². The molecule has 0 atom stereocenters. The van der Waals surface area contributed by atoms with Gasteiger partial charge in [0.2, 0.25) is 0 Å². The van der Waals surface area contributed by atoms with Crippen LogP contribution < -0.4 is 11.1 Å². The number of nitrogens with one attached hydrogen (secondary N) is 1. The van der Waals surface area contributed by atoms with E-state index in [1.54, 1.807) is 6.07 Å². The van der Waals surface area contributed by atoms with E-state index in [-0.39, 0.29) is 11.8 Å². The van der Waals surface area contributed by atoms with Crippen molar-refractivity contribution in [1.29, 1.82) is 0 Å². The quantitative estimate of drug-likeness (QED) is 0.611. The van der Waals surface area contributed by atoms with Gasteiger partial charge in [-0.25, -0.2) is 4.39 Å². The molecule has 0 heterocycles. The molecule has 3 nitrogen and oxygen atoms in total. The Morgan fingerprint density at radius 3 is 2.75 bits per heavy atom. The minimum Gasteiger partial charge on any atom is -0.370 e. The zero-order valence-corrected chi connectivity index (χ0v) is 9.92. The summed E-state index contributed by atoms with van der Waals surface area (Å²) in [5, 5.41) is 2.75. The van der Waals surface area contributed by atoms with E-state index in [2.05, 4.69) is 10.3 Å². The highest BCUT2D eigenvalue weighted by Gasteiger charge is 2.02. The van der Waals surface area contributed by atoms with E-state index >= 15 is 0 Å².